The predicted molar refractivity (Wildman–Crippen MR) is 143 cm³/mol. The molecule has 2 aromatic carbocycles. The molecule has 10 heteroatoms. The van der Waals surface area contributed by atoms with Gasteiger partial charge in [-0.15, -0.1) is 0 Å². The van der Waals surface area contributed by atoms with Crippen LogP contribution in [-0.2, 0) is 10.2 Å². The Morgan fingerprint density at radius 1 is 1.03 bits per heavy atom. The topological polar surface area (TPSA) is 79.3 Å². The fraction of sp³-hybridized carbons (Fsp3) is 0.320. The summed E-state index contributed by atoms with van der Waals surface area (Å²) in [4.78, 5) is 27.4. The van der Waals surface area contributed by atoms with Gasteiger partial charge in [-0.3, -0.25) is 4.79 Å². The van der Waals surface area contributed by atoms with Gasteiger partial charge in [-0.2, -0.15) is 5.10 Å². The highest BCUT2D eigenvalue weighted by Crippen LogP contribution is 2.30. The van der Waals surface area contributed by atoms with Crippen molar-refractivity contribution >= 4 is 58.2 Å². The Morgan fingerprint density at radius 2 is 1.69 bits per heavy atom. The Balaban J connectivity index is 1.82. The lowest BCUT2D eigenvalue weighted by Crippen LogP contribution is -2.44. The summed E-state index contributed by atoms with van der Waals surface area (Å²) in [5, 5.41) is 11.5. The molecule has 35 heavy (non-hydrogen) atoms. The fourth-order valence-corrected chi connectivity index (χ4v) is 3.70. The molecule has 1 heterocycles. The van der Waals surface area contributed by atoms with Gasteiger partial charge in [0, 0.05) is 22.5 Å². The molecule has 3 aromatic rings. The van der Waals surface area contributed by atoms with E-state index in [2.05, 4.69) is 10.6 Å². The SMILES string of the molecule is CC(C)N(CC(=O)Nc1cc(C(C)(C)C)nn1-c1ccc(Cl)cc1)C(=O)Nc1cccc(Cl)c1Cl. The van der Waals surface area contributed by atoms with Gasteiger partial charge in [0.05, 0.1) is 27.1 Å². The molecule has 0 atom stereocenters. The van der Waals surface area contributed by atoms with E-state index in [0.29, 0.717) is 21.6 Å². The Bertz CT molecular complexity index is 1220. The average molecular weight is 537 g/mol. The third kappa shape index (κ3) is 6.69. The van der Waals surface area contributed by atoms with Crippen molar-refractivity contribution in [2.75, 3.05) is 17.2 Å². The van der Waals surface area contributed by atoms with Crippen LogP contribution in [0.3, 0.4) is 0 Å². The first-order valence-electron chi connectivity index (χ1n) is 11.0. The van der Waals surface area contributed by atoms with Gasteiger partial charge in [0.2, 0.25) is 5.91 Å². The zero-order valence-electron chi connectivity index (χ0n) is 20.2. The monoisotopic (exact) mass is 535 g/mol. The first-order chi connectivity index (χ1) is 16.4. The number of nitrogens with zero attached hydrogens (tertiary/aromatic N) is 3. The maximum atomic E-state index is 13.1. The highest BCUT2D eigenvalue weighted by Gasteiger charge is 2.24. The van der Waals surface area contributed by atoms with Crippen molar-refractivity contribution in [2.45, 2.75) is 46.1 Å². The van der Waals surface area contributed by atoms with E-state index in [4.69, 9.17) is 39.9 Å². The lowest BCUT2D eigenvalue weighted by atomic mass is 9.92. The first kappa shape index (κ1) is 26.9. The second-order valence-electron chi connectivity index (χ2n) is 9.35. The normalized spacial score (nSPS) is 11.5. The standard InChI is InChI=1S/C25H28Cl3N5O2/c1-15(2)32(24(35)29-19-8-6-7-18(27)23(19)28)14-22(34)30-21-13-20(25(3,4)5)31-33(21)17-11-9-16(26)10-12-17/h6-13,15H,14H2,1-5H3,(H,29,35)(H,30,34). The number of benzene rings is 2. The third-order valence-electron chi connectivity index (χ3n) is 5.21. The van der Waals surface area contributed by atoms with Gasteiger partial charge in [0.25, 0.3) is 0 Å². The number of nitrogens with one attached hydrogen (secondary N) is 2. The van der Waals surface area contributed by atoms with E-state index in [1.807, 2.05) is 52.8 Å². The maximum Gasteiger partial charge on any atom is 0.322 e. The van der Waals surface area contributed by atoms with E-state index in [1.165, 1.54) is 4.90 Å². The quantitative estimate of drug-likeness (QED) is 0.355. The molecule has 0 aliphatic carbocycles. The van der Waals surface area contributed by atoms with Gasteiger partial charge in [-0.1, -0.05) is 61.6 Å². The lowest BCUT2D eigenvalue weighted by Gasteiger charge is -2.26. The number of carbonyl (C=O) groups excluding carboxylic acids is 2. The Labute approximate surface area is 220 Å². The number of hydrogen-bond donors (Lipinski definition) is 2. The number of anilines is 2. The van der Waals surface area contributed by atoms with Gasteiger partial charge >= 0.3 is 6.03 Å². The minimum atomic E-state index is -0.471. The second kappa shape index (κ2) is 10.9. The number of amides is 3. The van der Waals surface area contributed by atoms with E-state index < -0.39 is 6.03 Å². The van der Waals surface area contributed by atoms with E-state index in [-0.39, 0.29) is 28.9 Å². The number of aromatic nitrogens is 2. The Kier molecular flexibility index (Phi) is 8.36. The zero-order valence-corrected chi connectivity index (χ0v) is 22.5. The summed E-state index contributed by atoms with van der Waals surface area (Å²) in [6, 6.07) is 13.2. The molecule has 3 rings (SSSR count). The number of carbonyl (C=O) groups is 2. The number of halogens is 3. The zero-order chi connectivity index (χ0) is 25.9. The molecule has 186 valence electrons. The Hall–Kier alpha value is -2.74. The summed E-state index contributed by atoms with van der Waals surface area (Å²) < 4.78 is 1.65. The molecule has 0 saturated carbocycles. The van der Waals surface area contributed by atoms with Crippen LogP contribution < -0.4 is 10.6 Å². The van der Waals surface area contributed by atoms with Crippen molar-refractivity contribution in [1.29, 1.82) is 0 Å². The molecule has 0 saturated heterocycles. The van der Waals surface area contributed by atoms with Crippen LogP contribution in [0, 0.1) is 0 Å². The molecule has 2 N–H and O–H groups in total. The third-order valence-corrected chi connectivity index (χ3v) is 6.28. The summed E-state index contributed by atoms with van der Waals surface area (Å²) >= 11 is 18.3. The summed E-state index contributed by atoms with van der Waals surface area (Å²) in [5.41, 5.74) is 1.67. The van der Waals surface area contributed by atoms with Crippen LogP contribution in [0.1, 0.15) is 40.3 Å². The molecule has 0 radical (unpaired) electrons. The molecule has 7 nitrogen and oxygen atoms in total. The smallest absolute Gasteiger partial charge is 0.313 e. The first-order valence-corrected chi connectivity index (χ1v) is 12.2. The van der Waals surface area contributed by atoms with Crippen LogP contribution in [0.15, 0.2) is 48.5 Å². The molecule has 0 fully saturated rings. The van der Waals surface area contributed by atoms with Crippen LogP contribution in [0.4, 0.5) is 16.3 Å². The van der Waals surface area contributed by atoms with Gasteiger partial charge in [0.1, 0.15) is 12.4 Å². The van der Waals surface area contributed by atoms with Crippen LogP contribution in [0.25, 0.3) is 5.69 Å². The van der Waals surface area contributed by atoms with Crippen LogP contribution in [0.2, 0.25) is 15.1 Å². The molecule has 0 bridgehead atoms. The van der Waals surface area contributed by atoms with E-state index in [9.17, 15) is 9.59 Å². The van der Waals surface area contributed by atoms with Crippen LogP contribution in [0.5, 0.6) is 0 Å². The largest absolute Gasteiger partial charge is 0.322 e. The second-order valence-corrected chi connectivity index (χ2v) is 10.6. The van der Waals surface area contributed by atoms with Crippen LogP contribution >= 0.6 is 34.8 Å². The van der Waals surface area contributed by atoms with E-state index in [0.717, 1.165) is 11.4 Å². The van der Waals surface area contributed by atoms with E-state index >= 15 is 0 Å². The summed E-state index contributed by atoms with van der Waals surface area (Å²) in [6.07, 6.45) is 0. The molecule has 0 spiro atoms. The highest BCUT2D eigenvalue weighted by atomic mass is 35.5. The molecular formula is C25H28Cl3N5O2. The van der Waals surface area contributed by atoms with Crippen molar-refractivity contribution in [2.24, 2.45) is 0 Å². The number of rotatable bonds is 6. The predicted octanol–water partition coefficient (Wildman–Crippen LogP) is 7.01. The number of urea groups is 1. The summed E-state index contributed by atoms with van der Waals surface area (Å²) in [5.74, 6) is 0.117. The maximum absolute atomic E-state index is 13.1. The van der Waals surface area contributed by atoms with Crippen LogP contribution in [-0.4, -0.2) is 39.2 Å². The van der Waals surface area contributed by atoms with Crippen molar-refractivity contribution < 1.29 is 9.59 Å². The molecule has 0 unspecified atom stereocenters. The molecule has 0 aliphatic heterocycles. The van der Waals surface area contributed by atoms with Gasteiger partial charge in [-0.25, -0.2) is 9.48 Å². The minimum absolute atomic E-state index is 0.182. The average Bonchev–Trinajstić information content (AvgIpc) is 3.19. The molecule has 0 aliphatic rings. The lowest BCUT2D eigenvalue weighted by molar-refractivity contribution is -0.117. The fourth-order valence-electron chi connectivity index (χ4n) is 3.23. The molecule has 1 aromatic heterocycles. The summed E-state index contributed by atoms with van der Waals surface area (Å²) in [6.45, 7) is 9.58. The van der Waals surface area contributed by atoms with Crippen molar-refractivity contribution in [3.8, 4) is 5.69 Å². The summed E-state index contributed by atoms with van der Waals surface area (Å²) in [7, 11) is 0. The molecular weight excluding hydrogens is 509 g/mol. The number of hydrogen-bond acceptors (Lipinski definition) is 3. The Morgan fingerprint density at radius 3 is 2.29 bits per heavy atom. The molecule has 3 amide bonds. The minimum Gasteiger partial charge on any atom is -0.313 e. The van der Waals surface area contributed by atoms with Crippen molar-refractivity contribution in [3.05, 3.63) is 69.3 Å². The van der Waals surface area contributed by atoms with Crippen molar-refractivity contribution in [1.82, 2.24) is 14.7 Å². The van der Waals surface area contributed by atoms with Gasteiger partial charge < -0.3 is 15.5 Å². The van der Waals surface area contributed by atoms with Gasteiger partial charge in [0.15, 0.2) is 0 Å². The van der Waals surface area contributed by atoms with Gasteiger partial charge in [-0.05, 0) is 50.2 Å². The highest BCUT2D eigenvalue weighted by molar-refractivity contribution is 6.44. The van der Waals surface area contributed by atoms with Crippen molar-refractivity contribution in [3.63, 3.8) is 0 Å². The van der Waals surface area contributed by atoms with E-state index in [1.54, 1.807) is 35.0 Å².